The molecule has 0 unspecified atom stereocenters. The van der Waals surface area contributed by atoms with Gasteiger partial charge in [-0.25, -0.2) is 4.79 Å². The van der Waals surface area contributed by atoms with Gasteiger partial charge in [0.25, 0.3) is 0 Å². The molecule has 2 rings (SSSR count). The molecule has 176 valence electrons. The lowest BCUT2D eigenvalue weighted by Gasteiger charge is -2.12. The maximum atomic E-state index is 12.2. The summed E-state index contributed by atoms with van der Waals surface area (Å²) >= 11 is 12.1. The van der Waals surface area contributed by atoms with E-state index in [9.17, 15) is 9.90 Å². The van der Waals surface area contributed by atoms with Crippen LogP contribution < -0.4 is 10.1 Å². The van der Waals surface area contributed by atoms with Crippen LogP contribution in [0.1, 0.15) is 82.3 Å². The molecular formula is C26H35Cl2NO3. The maximum absolute atomic E-state index is 12.2. The van der Waals surface area contributed by atoms with Gasteiger partial charge in [0, 0.05) is 5.02 Å². The molecule has 2 aromatic carbocycles. The molecular weight excluding hydrogens is 445 g/mol. The molecule has 0 aliphatic heterocycles. The largest absolute Gasteiger partial charge is 0.504 e. The van der Waals surface area contributed by atoms with Crippen molar-refractivity contribution in [2.75, 3.05) is 5.32 Å². The topological polar surface area (TPSA) is 58.6 Å². The van der Waals surface area contributed by atoms with Crippen LogP contribution in [0.2, 0.25) is 10.0 Å². The van der Waals surface area contributed by atoms with Crippen molar-refractivity contribution >= 4 is 35.0 Å². The number of aromatic hydroxyl groups is 1. The van der Waals surface area contributed by atoms with E-state index < -0.39 is 6.09 Å². The standard InChI is InChI=1S/C26H35Cl2NO3/c1-3-4-5-6-7-8-9-10-11-12-13-20-14-16-21(17-15-20)32-26(31)29-23-18-22(27)19(2)24(28)25(23)30/h14-18,30H,3-13H2,1-2H3,(H,29,31). The molecule has 0 aliphatic carbocycles. The van der Waals surface area contributed by atoms with Gasteiger partial charge in [0.1, 0.15) is 5.75 Å². The lowest BCUT2D eigenvalue weighted by atomic mass is 10.0. The number of phenolic OH excluding ortho intramolecular Hbond substituents is 1. The van der Waals surface area contributed by atoms with E-state index in [1.165, 1.54) is 75.8 Å². The van der Waals surface area contributed by atoms with E-state index in [2.05, 4.69) is 12.2 Å². The molecule has 0 heterocycles. The molecule has 0 atom stereocenters. The summed E-state index contributed by atoms with van der Waals surface area (Å²) < 4.78 is 5.30. The zero-order valence-electron chi connectivity index (χ0n) is 19.2. The van der Waals surface area contributed by atoms with Gasteiger partial charge in [-0.05, 0) is 49.1 Å². The molecule has 0 radical (unpaired) electrons. The SMILES string of the molecule is CCCCCCCCCCCCc1ccc(OC(=O)Nc2cc(Cl)c(C)c(Cl)c2O)cc1. The first-order chi connectivity index (χ1) is 15.4. The third-order valence-electron chi connectivity index (χ3n) is 5.61. The van der Waals surface area contributed by atoms with Gasteiger partial charge in [-0.2, -0.15) is 0 Å². The van der Waals surface area contributed by atoms with Gasteiger partial charge in [0.2, 0.25) is 0 Å². The first-order valence-electron chi connectivity index (χ1n) is 11.7. The molecule has 4 nitrogen and oxygen atoms in total. The van der Waals surface area contributed by atoms with Crippen LogP contribution in [0.15, 0.2) is 30.3 Å². The summed E-state index contributed by atoms with van der Waals surface area (Å²) in [7, 11) is 0. The molecule has 0 aromatic heterocycles. The highest BCUT2D eigenvalue weighted by Gasteiger charge is 2.15. The number of amides is 1. The minimum absolute atomic E-state index is 0.101. The monoisotopic (exact) mass is 479 g/mol. The molecule has 0 bridgehead atoms. The molecule has 2 N–H and O–H groups in total. The molecule has 2 aromatic rings. The number of anilines is 1. The number of ether oxygens (including phenoxy) is 1. The predicted molar refractivity (Wildman–Crippen MR) is 135 cm³/mol. The van der Waals surface area contributed by atoms with Gasteiger partial charge < -0.3 is 9.84 Å². The Morgan fingerprint density at radius 2 is 1.50 bits per heavy atom. The molecule has 6 heteroatoms. The van der Waals surface area contributed by atoms with E-state index in [0.29, 0.717) is 16.3 Å². The van der Waals surface area contributed by atoms with E-state index in [1.54, 1.807) is 19.1 Å². The fourth-order valence-corrected chi connectivity index (χ4v) is 4.04. The molecule has 1 amide bonds. The number of hydrogen-bond donors (Lipinski definition) is 2. The number of rotatable bonds is 13. The molecule has 0 saturated carbocycles. The zero-order valence-corrected chi connectivity index (χ0v) is 20.7. The maximum Gasteiger partial charge on any atom is 0.417 e. The van der Waals surface area contributed by atoms with E-state index in [-0.39, 0.29) is 16.5 Å². The van der Waals surface area contributed by atoms with Crippen LogP contribution >= 0.6 is 23.2 Å². The molecule has 0 spiro atoms. The third-order valence-corrected chi connectivity index (χ3v) is 6.47. The van der Waals surface area contributed by atoms with Crippen molar-refractivity contribution in [2.45, 2.75) is 84.5 Å². The van der Waals surface area contributed by atoms with Gasteiger partial charge in [0.15, 0.2) is 5.75 Å². The zero-order chi connectivity index (χ0) is 23.3. The van der Waals surface area contributed by atoms with E-state index in [0.717, 1.165) is 6.42 Å². The highest BCUT2D eigenvalue weighted by atomic mass is 35.5. The minimum Gasteiger partial charge on any atom is -0.504 e. The highest BCUT2D eigenvalue weighted by molar-refractivity contribution is 6.37. The summed E-state index contributed by atoms with van der Waals surface area (Å²) in [5, 5.41) is 13.0. The Hall–Kier alpha value is -1.91. The van der Waals surface area contributed by atoms with Crippen molar-refractivity contribution in [1.29, 1.82) is 0 Å². The second-order valence-corrected chi connectivity index (χ2v) is 9.07. The van der Waals surface area contributed by atoms with Crippen molar-refractivity contribution in [2.24, 2.45) is 0 Å². The van der Waals surface area contributed by atoms with Crippen LogP contribution in [0.3, 0.4) is 0 Å². The smallest absolute Gasteiger partial charge is 0.417 e. The fraction of sp³-hybridized carbons (Fsp3) is 0.500. The first kappa shape index (κ1) is 26.3. The molecule has 32 heavy (non-hydrogen) atoms. The molecule has 0 fully saturated rings. The van der Waals surface area contributed by atoms with Crippen molar-refractivity contribution in [3.05, 3.63) is 51.5 Å². The van der Waals surface area contributed by atoms with Crippen molar-refractivity contribution in [3.63, 3.8) is 0 Å². The second kappa shape index (κ2) is 14.3. The quantitative estimate of drug-likeness (QED) is 0.222. The average molecular weight is 480 g/mol. The van der Waals surface area contributed by atoms with Gasteiger partial charge >= 0.3 is 6.09 Å². The number of nitrogens with one attached hydrogen (secondary N) is 1. The number of hydrogen-bond acceptors (Lipinski definition) is 3. The fourth-order valence-electron chi connectivity index (χ4n) is 3.58. The number of phenols is 1. The Kier molecular flexibility index (Phi) is 11.8. The number of benzene rings is 2. The number of unbranched alkanes of at least 4 members (excludes halogenated alkanes) is 9. The van der Waals surface area contributed by atoms with Gasteiger partial charge in [-0.1, -0.05) is 100 Å². The Morgan fingerprint density at radius 3 is 2.09 bits per heavy atom. The van der Waals surface area contributed by atoms with Crippen molar-refractivity contribution in [1.82, 2.24) is 0 Å². The first-order valence-corrected chi connectivity index (χ1v) is 12.4. The lowest BCUT2D eigenvalue weighted by Crippen LogP contribution is -2.17. The van der Waals surface area contributed by atoms with E-state index in [1.807, 2.05) is 12.1 Å². The van der Waals surface area contributed by atoms with Gasteiger partial charge in [-0.15, -0.1) is 0 Å². The van der Waals surface area contributed by atoms with E-state index >= 15 is 0 Å². The summed E-state index contributed by atoms with van der Waals surface area (Å²) in [5.41, 5.74) is 1.88. The Balaban J connectivity index is 1.68. The van der Waals surface area contributed by atoms with Crippen LogP contribution in [0, 0.1) is 6.92 Å². The van der Waals surface area contributed by atoms with Gasteiger partial charge in [-0.3, -0.25) is 5.32 Å². The van der Waals surface area contributed by atoms with Crippen LogP contribution in [0.25, 0.3) is 0 Å². The molecule has 0 aliphatic rings. The summed E-state index contributed by atoms with van der Waals surface area (Å²) in [6, 6.07) is 8.95. The Labute approximate surface area is 202 Å². The average Bonchev–Trinajstić information content (AvgIpc) is 2.78. The summed E-state index contributed by atoms with van der Waals surface area (Å²) in [6.45, 7) is 3.94. The number of carbonyl (C=O) groups is 1. The third kappa shape index (κ3) is 8.91. The van der Waals surface area contributed by atoms with Crippen LogP contribution in [0.5, 0.6) is 11.5 Å². The van der Waals surface area contributed by atoms with Crippen LogP contribution in [0.4, 0.5) is 10.5 Å². The number of aryl methyl sites for hydroxylation is 1. The highest BCUT2D eigenvalue weighted by Crippen LogP contribution is 2.38. The predicted octanol–water partition coefficient (Wildman–Crippen LogP) is 9.08. The summed E-state index contributed by atoms with van der Waals surface area (Å²) in [4.78, 5) is 12.2. The van der Waals surface area contributed by atoms with Crippen molar-refractivity contribution < 1.29 is 14.6 Å². The lowest BCUT2D eigenvalue weighted by molar-refractivity contribution is 0.215. The summed E-state index contributed by atoms with van der Waals surface area (Å²) in [5.74, 6) is 0.190. The minimum atomic E-state index is -0.723. The second-order valence-electron chi connectivity index (χ2n) is 8.28. The van der Waals surface area contributed by atoms with Gasteiger partial charge in [0.05, 0.1) is 10.7 Å². The van der Waals surface area contributed by atoms with Crippen LogP contribution in [-0.4, -0.2) is 11.2 Å². The van der Waals surface area contributed by atoms with Crippen LogP contribution in [-0.2, 0) is 6.42 Å². The van der Waals surface area contributed by atoms with Crippen molar-refractivity contribution in [3.8, 4) is 11.5 Å². The Morgan fingerprint density at radius 1 is 0.938 bits per heavy atom. The normalized spacial score (nSPS) is 10.9. The van der Waals surface area contributed by atoms with E-state index in [4.69, 9.17) is 27.9 Å². The number of carbonyl (C=O) groups excluding carboxylic acids is 1. The summed E-state index contributed by atoms with van der Waals surface area (Å²) in [6.07, 6.45) is 13.5. The molecule has 0 saturated heterocycles. The number of halogens is 2. The Bertz CT molecular complexity index is 853.